The monoisotopic (exact) mass is 586 g/mol. The van der Waals surface area contributed by atoms with Crippen molar-refractivity contribution in [3.63, 3.8) is 0 Å². The summed E-state index contributed by atoms with van der Waals surface area (Å²) in [6.07, 6.45) is 3.97. The molecule has 0 aromatic heterocycles. The number of hydrogen-bond donors (Lipinski definition) is 3. The molecule has 7 heteroatoms. The summed E-state index contributed by atoms with van der Waals surface area (Å²) in [5.41, 5.74) is -4.56. The molecular formula is C35H54O7. The van der Waals surface area contributed by atoms with E-state index in [2.05, 4.69) is 19.1 Å². The molecule has 1 aliphatic heterocycles. The molecule has 0 radical (unpaired) electrons. The van der Waals surface area contributed by atoms with Crippen LogP contribution in [0.1, 0.15) is 115 Å². The van der Waals surface area contributed by atoms with E-state index in [4.69, 9.17) is 4.74 Å². The lowest BCUT2D eigenvalue weighted by Gasteiger charge is -2.61. The fourth-order valence-electron chi connectivity index (χ4n) is 7.46. The van der Waals surface area contributed by atoms with Crippen LogP contribution < -0.4 is 0 Å². The second-order valence-electron chi connectivity index (χ2n) is 15.4. The van der Waals surface area contributed by atoms with E-state index >= 15 is 4.79 Å². The van der Waals surface area contributed by atoms with Crippen molar-refractivity contribution < 1.29 is 34.4 Å². The first kappa shape index (κ1) is 34.4. The van der Waals surface area contributed by atoms with E-state index in [1.807, 2.05) is 27.7 Å². The molecule has 42 heavy (non-hydrogen) atoms. The van der Waals surface area contributed by atoms with Crippen molar-refractivity contribution in [1.82, 2.24) is 0 Å². The van der Waals surface area contributed by atoms with Gasteiger partial charge in [0, 0.05) is 12.3 Å². The first-order valence-electron chi connectivity index (χ1n) is 15.5. The Labute approximate surface area is 252 Å². The Kier molecular flexibility index (Phi) is 9.37. The van der Waals surface area contributed by atoms with E-state index in [1.165, 1.54) is 13.8 Å². The number of allylic oxidation sites excluding steroid dienone is 6. The highest BCUT2D eigenvalue weighted by molar-refractivity contribution is 6.32. The van der Waals surface area contributed by atoms with Crippen molar-refractivity contribution in [2.45, 2.75) is 138 Å². The van der Waals surface area contributed by atoms with Crippen LogP contribution >= 0.6 is 0 Å². The van der Waals surface area contributed by atoms with Gasteiger partial charge in [-0.3, -0.25) is 14.4 Å². The van der Waals surface area contributed by atoms with Crippen LogP contribution in [0.2, 0.25) is 0 Å². The van der Waals surface area contributed by atoms with Gasteiger partial charge in [0.05, 0.1) is 28.1 Å². The zero-order valence-corrected chi connectivity index (χ0v) is 27.7. The molecule has 1 saturated heterocycles. The van der Waals surface area contributed by atoms with E-state index < -0.39 is 57.1 Å². The van der Waals surface area contributed by atoms with Crippen LogP contribution in [0.25, 0.3) is 0 Å². The third kappa shape index (κ3) is 5.61. The Balaban J connectivity index is 2.48. The van der Waals surface area contributed by atoms with Crippen molar-refractivity contribution in [1.29, 1.82) is 0 Å². The van der Waals surface area contributed by atoms with Crippen LogP contribution in [-0.4, -0.2) is 56.1 Å². The highest BCUT2D eigenvalue weighted by Gasteiger charge is 2.77. The lowest BCUT2D eigenvalue weighted by molar-refractivity contribution is -0.175. The van der Waals surface area contributed by atoms with Crippen molar-refractivity contribution in [3.8, 4) is 0 Å². The minimum atomic E-state index is -1.71. The van der Waals surface area contributed by atoms with Gasteiger partial charge in [-0.2, -0.15) is 0 Å². The predicted molar refractivity (Wildman–Crippen MR) is 163 cm³/mol. The third-order valence-corrected chi connectivity index (χ3v) is 10.3. The summed E-state index contributed by atoms with van der Waals surface area (Å²) in [7, 11) is 0. The highest BCUT2D eigenvalue weighted by Crippen LogP contribution is 2.71. The van der Waals surface area contributed by atoms with E-state index in [-0.39, 0.29) is 42.3 Å². The molecule has 7 nitrogen and oxygen atoms in total. The second-order valence-corrected chi connectivity index (χ2v) is 15.4. The standard InChI is InChI=1S/C35H54O7/c1-20(2)13-12-16-33(11)23(15-14-21(3)4)17-34(18-24(36)31(7,8)40)28(38)26(27(37)22(5)6)29-35(33,30(34)39)19-25(42-29)32(9,10)41/h13-14,22-25,36,40-41H,12,15-19H2,1-11H3/t23-,24-,25-,33+,34-,35-/m0/s1. The molecule has 2 fully saturated rings. The van der Waals surface area contributed by atoms with Gasteiger partial charge in [-0.05, 0) is 98.8 Å². The molecule has 0 aromatic carbocycles. The maximum atomic E-state index is 15.3. The molecule has 1 heterocycles. The van der Waals surface area contributed by atoms with Crippen LogP contribution in [-0.2, 0) is 19.1 Å². The van der Waals surface area contributed by atoms with Gasteiger partial charge in [-0.25, -0.2) is 0 Å². The van der Waals surface area contributed by atoms with Crippen molar-refractivity contribution in [2.75, 3.05) is 0 Å². The normalized spacial score (nSPS) is 32.0. The summed E-state index contributed by atoms with van der Waals surface area (Å²) in [5.74, 6) is -1.98. The Morgan fingerprint density at radius 2 is 1.60 bits per heavy atom. The van der Waals surface area contributed by atoms with Crippen LogP contribution in [0.5, 0.6) is 0 Å². The fourth-order valence-corrected chi connectivity index (χ4v) is 7.46. The van der Waals surface area contributed by atoms with E-state index in [0.29, 0.717) is 19.3 Å². The average molecular weight is 587 g/mol. The van der Waals surface area contributed by atoms with Gasteiger partial charge in [0.25, 0.3) is 0 Å². The molecular weight excluding hydrogens is 532 g/mol. The molecule has 2 bridgehead atoms. The molecule has 6 atom stereocenters. The largest absolute Gasteiger partial charge is 0.490 e. The summed E-state index contributed by atoms with van der Waals surface area (Å²) in [4.78, 5) is 43.9. The lowest BCUT2D eigenvalue weighted by atomic mass is 9.38. The van der Waals surface area contributed by atoms with Crippen LogP contribution in [0.3, 0.4) is 0 Å². The van der Waals surface area contributed by atoms with Gasteiger partial charge >= 0.3 is 0 Å². The molecule has 0 aromatic rings. The van der Waals surface area contributed by atoms with Crippen LogP contribution in [0.15, 0.2) is 34.6 Å². The van der Waals surface area contributed by atoms with Crippen molar-refractivity contribution in [2.24, 2.45) is 28.1 Å². The van der Waals surface area contributed by atoms with Crippen molar-refractivity contribution in [3.05, 3.63) is 34.6 Å². The minimum Gasteiger partial charge on any atom is -0.490 e. The Hall–Kier alpha value is -2.09. The van der Waals surface area contributed by atoms with Gasteiger partial charge in [0.2, 0.25) is 0 Å². The molecule has 3 rings (SSSR count). The highest BCUT2D eigenvalue weighted by atomic mass is 16.5. The number of carbonyl (C=O) groups excluding carboxylic acids is 3. The summed E-state index contributed by atoms with van der Waals surface area (Å²) in [6.45, 7) is 19.8. The van der Waals surface area contributed by atoms with Crippen LogP contribution in [0.4, 0.5) is 0 Å². The third-order valence-electron chi connectivity index (χ3n) is 10.3. The lowest BCUT2D eigenvalue weighted by Crippen LogP contribution is -2.67. The van der Waals surface area contributed by atoms with Crippen LogP contribution in [0, 0.1) is 28.1 Å². The van der Waals surface area contributed by atoms with Gasteiger partial charge in [0.15, 0.2) is 17.3 Å². The average Bonchev–Trinajstić information content (AvgIpc) is 3.25. The van der Waals surface area contributed by atoms with E-state index in [9.17, 15) is 24.9 Å². The number of ether oxygens (including phenoxy) is 1. The van der Waals surface area contributed by atoms with Gasteiger partial charge < -0.3 is 20.1 Å². The zero-order valence-electron chi connectivity index (χ0n) is 27.7. The molecule has 1 spiro atoms. The summed E-state index contributed by atoms with van der Waals surface area (Å²) in [6, 6.07) is 0. The molecule has 1 saturated carbocycles. The number of aliphatic hydroxyl groups excluding tert-OH is 1. The van der Waals surface area contributed by atoms with Gasteiger partial charge in [0.1, 0.15) is 17.4 Å². The molecule has 0 unspecified atom stereocenters. The Bertz CT molecular complexity index is 1200. The molecule has 2 aliphatic carbocycles. The molecule has 3 aliphatic rings. The minimum absolute atomic E-state index is 0.103. The second kappa shape index (κ2) is 11.4. The number of hydrogen-bond acceptors (Lipinski definition) is 7. The number of Topliss-reactive ketones (excluding diaryl/α,β-unsaturated/α-hetero) is 3. The number of ketones is 3. The quantitative estimate of drug-likeness (QED) is 0.159. The zero-order chi connectivity index (χ0) is 32.2. The number of fused-ring (bicyclic) bond motifs is 1. The maximum absolute atomic E-state index is 15.3. The Morgan fingerprint density at radius 1 is 1.02 bits per heavy atom. The summed E-state index contributed by atoms with van der Waals surface area (Å²) < 4.78 is 6.47. The molecule has 0 amide bonds. The summed E-state index contributed by atoms with van der Waals surface area (Å²) in [5, 5.41) is 33.2. The SMILES string of the molecule is CC(C)=CCC[C@]1(C)[C@@H](CC=C(C)C)C[C@]2(C[C@H](O)C(C)(C)O)C(=O)C(C(=O)C(C)C)=C3O[C@H](C(C)(C)O)C[C@@]31C2=O. The first-order valence-corrected chi connectivity index (χ1v) is 15.5. The molecule has 236 valence electrons. The Morgan fingerprint density at radius 3 is 2.07 bits per heavy atom. The number of aliphatic hydroxyl groups is 3. The summed E-state index contributed by atoms with van der Waals surface area (Å²) >= 11 is 0. The molecule has 3 N–H and O–H groups in total. The first-order chi connectivity index (χ1) is 19.1. The topological polar surface area (TPSA) is 121 Å². The van der Waals surface area contributed by atoms with Gasteiger partial charge in [-0.15, -0.1) is 0 Å². The van der Waals surface area contributed by atoms with E-state index in [0.717, 1.165) is 11.1 Å². The van der Waals surface area contributed by atoms with Crippen molar-refractivity contribution >= 4 is 17.3 Å². The van der Waals surface area contributed by atoms with Gasteiger partial charge in [-0.1, -0.05) is 44.1 Å². The smallest absolute Gasteiger partial charge is 0.183 e. The fraction of sp³-hybridized carbons (Fsp3) is 0.743. The van der Waals surface area contributed by atoms with E-state index in [1.54, 1.807) is 27.7 Å². The number of carbonyl (C=O) groups is 3. The maximum Gasteiger partial charge on any atom is 0.183 e. The predicted octanol–water partition coefficient (Wildman–Crippen LogP) is 5.80. The number of rotatable bonds is 11.